The number of hydrogen-bond donors (Lipinski definition) is 1. The van der Waals surface area contributed by atoms with Gasteiger partial charge in [0.15, 0.2) is 0 Å². The Kier molecular flexibility index (Phi) is 3.52. The van der Waals surface area contributed by atoms with Gasteiger partial charge in [0.05, 0.1) is 5.69 Å². The number of benzene rings is 1. The van der Waals surface area contributed by atoms with E-state index in [9.17, 15) is 5.26 Å². The minimum absolute atomic E-state index is 0.305. The highest BCUT2D eigenvalue weighted by Gasteiger charge is 2.40. The summed E-state index contributed by atoms with van der Waals surface area (Å²) in [6.45, 7) is 0. The third kappa shape index (κ3) is 2.36. The summed E-state index contributed by atoms with van der Waals surface area (Å²) in [5.41, 5.74) is 11.9. The zero-order valence-electron chi connectivity index (χ0n) is 15.1. The Morgan fingerprint density at radius 2 is 2.04 bits per heavy atom. The molecule has 6 nitrogen and oxygen atoms in total. The summed E-state index contributed by atoms with van der Waals surface area (Å²) in [6.07, 6.45) is 6.83. The van der Waals surface area contributed by atoms with Gasteiger partial charge >= 0.3 is 0 Å². The molecule has 0 unspecified atom stereocenters. The van der Waals surface area contributed by atoms with Crippen molar-refractivity contribution in [1.82, 2.24) is 19.7 Å². The number of pyridine rings is 1. The van der Waals surface area contributed by atoms with E-state index in [1.807, 2.05) is 41.2 Å². The Labute approximate surface area is 157 Å². The van der Waals surface area contributed by atoms with Gasteiger partial charge in [-0.15, -0.1) is 0 Å². The number of nitrogen functional groups attached to an aromatic ring is 1. The molecule has 0 amide bonds. The molecule has 134 valence electrons. The van der Waals surface area contributed by atoms with Crippen LogP contribution in [0.1, 0.15) is 35.7 Å². The Bertz CT molecular complexity index is 1050. The lowest BCUT2D eigenvalue weighted by Gasteiger charge is -2.34. The average Bonchev–Trinajstić information content (AvgIpc) is 3.28. The van der Waals surface area contributed by atoms with Crippen molar-refractivity contribution in [2.24, 2.45) is 0 Å². The molecule has 2 aromatic heterocycles. The third-order valence-electron chi connectivity index (χ3n) is 5.98. The molecule has 2 aliphatic rings. The van der Waals surface area contributed by atoms with E-state index in [1.54, 1.807) is 6.20 Å². The van der Waals surface area contributed by atoms with Gasteiger partial charge in [-0.05, 0) is 43.7 Å². The second kappa shape index (κ2) is 5.93. The molecule has 1 saturated heterocycles. The fourth-order valence-electron chi connectivity index (χ4n) is 4.63. The lowest BCUT2D eigenvalue weighted by molar-refractivity contribution is 0.222. The van der Waals surface area contributed by atoms with E-state index in [1.165, 1.54) is 5.56 Å². The van der Waals surface area contributed by atoms with E-state index in [0.717, 1.165) is 41.8 Å². The predicted octanol–water partition coefficient (Wildman–Crippen LogP) is 3.08. The molecule has 1 fully saturated rings. The van der Waals surface area contributed by atoms with E-state index in [4.69, 9.17) is 5.73 Å². The van der Waals surface area contributed by atoms with E-state index in [2.05, 4.69) is 28.1 Å². The minimum Gasteiger partial charge on any atom is -0.383 e. The number of aromatic nitrogens is 3. The quantitative estimate of drug-likeness (QED) is 0.763. The van der Waals surface area contributed by atoms with Crippen LogP contribution in [0.3, 0.4) is 0 Å². The number of nitriles is 1. The number of rotatable bonds is 2. The maximum absolute atomic E-state index is 9.80. The second-order valence-corrected chi connectivity index (χ2v) is 7.33. The first-order valence-corrected chi connectivity index (χ1v) is 9.22. The van der Waals surface area contributed by atoms with E-state index in [-0.39, 0.29) is 0 Å². The lowest BCUT2D eigenvalue weighted by atomic mass is 9.87. The van der Waals surface area contributed by atoms with Crippen LogP contribution in [0.2, 0.25) is 0 Å². The minimum atomic E-state index is 0.305. The molecule has 5 rings (SSSR count). The Hall–Kier alpha value is -3.17. The zero-order valence-corrected chi connectivity index (χ0v) is 15.1. The van der Waals surface area contributed by atoms with Crippen molar-refractivity contribution in [3.05, 3.63) is 59.5 Å². The van der Waals surface area contributed by atoms with Crippen molar-refractivity contribution in [3.63, 3.8) is 0 Å². The van der Waals surface area contributed by atoms with E-state index >= 15 is 0 Å². The third-order valence-corrected chi connectivity index (χ3v) is 5.98. The average molecular weight is 356 g/mol. The van der Waals surface area contributed by atoms with Crippen LogP contribution in [0.15, 0.2) is 42.7 Å². The maximum Gasteiger partial charge on any atom is 0.142 e. The number of anilines is 1. The summed E-state index contributed by atoms with van der Waals surface area (Å²) in [5, 5.41) is 14.1. The molecule has 6 heteroatoms. The molecule has 0 spiro atoms. The topological polar surface area (TPSA) is 83.8 Å². The number of hydrogen-bond acceptors (Lipinski definition) is 5. The summed E-state index contributed by atoms with van der Waals surface area (Å²) in [4.78, 5) is 7.05. The van der Waals surface area contributed by atoms with Gasteiger partial charge in [-0.2, -0.15) is 10.4 Å². The first-order chi connectivity index (χ1) is 13.2. The van der Waals surface area contributed by atoms with Crippen molar-refractivity contribution >= 4 is 5.82 Å². The molecule has 2 N–H and O–H groups in total. The monoisotopic (exact) mass is 356 g/mol. The number of nitrogens with zero attached hydrogens (tertiary/aromatic N) is 5. The van der Waals surface area contributed by atoms with Crippen molar-refractivity contribution in [1.29, 1.82) is 5.26 Å². The van der Waals surface area contributed by atoms with Crippen LogP contribution in [-0.2, 0) is 6.42 Å². The first kappa shape index (κ1) is 16.0. The number of fused-ring (bicyclic) bond motifs is 4. The van der Waals surface area contributed by atoms with Gasteiger partial charge in [0, 0.05) is 47.7 Å². The van der Waals surface area contributed by atoms with Crippen LogP contribution in [0.25, 0.3) is 16.8 Å². The van der Waals surface area contributed by atoms with Gasteiger partial charge in [0.2, 0.25) is 0 Å². The molecular weight excluding hydrogens is 336 g/mol. The predicted molar refractivity (Wildman–Crippen MR) is 103 cm³/mol. The summed E-state index contributed by atoms with van der Waals surface area (Å²) in [5.74, 6) is 0.339. The fourth-order valence-corrected chi connectivity index (χ4v) is 4.63. The van der Waals surface area contributed by atoms with Crippen molar-refractivity contribution in [3.8, 4) is 22.9 Å². The largest absolute Gasteiger partial charge is 0.383 e. The van der Waals surface area contributed by atoms with Gasteiger partial charge in [-0.1, -0.05) is 12.1 Å². The SMILES string of the molecule is CN1[C@H]2CC[C@@H]1c1c(nc(N)c(C#N)c1-c1ccc(-n3cccn3)cc1)C2. The van der Waals surface area contributed by atoms with Crippen LogP contribution >= 0.6 is 0 Å². The smallest absolute Gasteiger partial charge is 0.142 e. The lowest BCUT2D eigenvalue weighted by Crippen LogP contribution is -2.35. The Morgan fingerprint density at radius 1 is 1.22 bits per heavy atom. The summed E-state index contributed by atoms with van der Waals surface area (Å²) >= 11 is 0. The van der Waals surface area contributed by atoms with Crippen LogP contribution in [0.5, 0.6) is 0 Å². The van der Waals surface area contributed by atoms with Crippen LogP contribution in [0.4, 0.5) is 5.82 Å². The molecule has 2 bridgehead atoms. The highest BCUT2D eigenvalue weighted by atomic mass is 15.3. The number of nitrogens with two attached hydrogens (primary N) is 1. The van der Waals surface area contributed by atoms with Gasteiger partial charge in [0.1, 0.15) is 17.5 Å². The Balaban J connectivity index is 1.70. The van der Waals surface area contributed by atoms with E-state index < -0.39 is 0 Å². The maximum atomic E-state index is 9.80. The highest BCUT2D eigenvalue weighted by molar-refractivity contribution is 5.80. The standard InChI is InChI=1S/C21H20N6/c1-26-15-7-8-18(26)20-17(11-15)25-21(23)16(12-22)19(20)13-3-5-14(6-4-13)27-10-2-9-24-27/h2-6,9-10,15,18H,7-8,11H2,1H3,(H2,23,25)/t15-,18+/m0/s1. The van der Waals surface area contributed by atoms with Crippen molar-refractivity contribution in [2.75, 3.05) is 12.8 Å². The van der Waals surface area contributed by atoms with Crippen LogP contribution in [0, 0.1) is 11.3 Å². The molecule has 1 aromatic carbocycles. The van der Waals surface area contributed by atoms with Gasteiger partial charge in [-0.25, -0.2) is 9.67 Å². The summed E-state index contributed by atoms with van der Waals surface area (Å²) in [6, 6.07) is 13.2. The molecule has 0 aliphatic carbocycles. The van der Waals surface area contributed by atoms with Gasteiger partial charge in [-0.3, -0.25) is 4.90 Å². The van der Waals surface area contributed by atoms with Crippen molar-refractivity contribution in [2.45, 2.75) is 31.3 Å². The molecule has 0 radical (unpaired) electrons. The fraction of sp³-hybridized carbons (Fsp3) is 0.286. The number of likely N-dealkylation sites (N-methyl/N-ethyl adjacent to an activating group) is 1. The second-order valence-electron chi connectivity index (χ2n) is 7.33. The summed E-state index contributed by atoms with van der Waals surface area (Å²) in [7, 11) is 2.18. The highest BCUT2D eigenvalue weighted by Crippen LogP contribution is 2.47. The zero-order chi connectivity index (χ0) is 18.5. The normalized spacial score (nSPS) is 21.0. The van der Waals surface area contributed by atoms with E-state index in [0.29, 0.717) is 23.5 Å². The molecule has 2 aliphatic heterocycles. The van der Waals surface area contributed by atoms with Crippen LogP contribution in [-0.4, -0.2) is 32.8 Å². The molecule has 4 heterocycles. The van der Waals surface area contributed by atoms with Gasteiger partial charge < -0.3 is 5.73 Å². The summed E-state index contributed by atoms with van der Waals surface area (Å²) < 4.78 is 1.82. The molecule has 2 atom stereocenters. The molecule has 0 saturated carbocycles. The molecule has 3 aromatic rings. The molecule has 27 heavy (non-hydrogen) atoms. The Morgan fingerprint density at radius 3 is 2.74 bits per heavy atom. The van der Waals surface area contributed by atoms with Crippen LogP contribution < -0.4 is 5.73 Å². The molecular formula is C21H20N6. The first-order valence-electron chi connectivity index (χ1n) is 9.22. The van der Waals surface area contributed by atoms with Gasteiger partial charge in [0.25, 0.3) is 0 Å². The van der Waals surface area contributed by atoms with Crippen molar-refractivity contribution < 1.29 is 0 Å².